The molecule has 0 aromatic carbocycles. The van der Waals surface area contributed by atoms with Crippen molar-refractivity contribution >= 4 is 23.2 Å². The lowest BCUT2D eigenvalue weighted by Crippen LogP contribution is -2.49. The summed E-state index contributed by atoms with van der Waals surface area (Å²) in [7, 11) is 0. The molecule has 1 aliphatic rings. The first-order chi connectivity index (χ1) is 9.10. The molecule has 0 spiro atoms. The summed E-state index contributed by atoms with van der Waals surface area (Å²) in [6.07, 6.45) is 2.67. The third-order valence-corrected chi connectivity index (χ3v) is 4.49. The van der Waals surface area contributed by atoms with Gasteiger partial charge in [0.05, 0.1) is 0 Å². The molecule has 1 aliphatic heterocycles. The van der Waals surface area contributed by atoms with Crippen molar-refractivity contribution in [2.75, 3.05) is 6.54 Å². The highest BCUT2D eigenvalue weighted by Gasteiger charge is 2.28. The molecular formula is C14H20N2O2S. The molecule has 0 bridgehead atoms. The second kappa shape index (κ2) is 6.19. The monoisotopic (exact) mass is 280 g/mol. The zero-order chi connectivity index (χ0) is 13.8. The average Bonchev–Trinajstić information content (AvgIpc) is 2.79. The summed E-state index contributed by atoms with van der Waals surface area (Å²) in [6, 6.07) is 4.21. The van der Waals surface area contributed by atoms with Gasteiger partial charge in [-0.3, -0.25) is 20.0 Å². The van der Waals surface area contributed by atoms with Crippen molar-refractivity contribution in [3.8, 4) is 0 Å². The van der Waals surface area contributed by atoms with Crippen LogP contribution in [0.2, 0.25) is 0 Å². The molecule has 2 rings (SSSR count). The van der Waals surface area contributed by atoms with Gasteiger partial charge in [0.15, 0.2) is 0 Å². The van der Waals surface area contributed by atoms with Gasteiger partial charge in [-0.1, -0.05) is 6.92 Å². The Balaban J connectivity index is 1.91. The molecular weight excluding hydrogens is 260 g/mol. The lowest BCUT2D eigenvalue weighted by molar-refractivity contribution is -0.144. The van der Waals surface area contributed by atoms with E-state index >= 15 is 0 Å². The number of thiophene rings is 1. The van der Waals surface area contributed by atoms with E-state index in [-0.39, 0.29) is 11.8 Å². The summed E-state index contributed by atoms with van der Waals surface area (Å²) >= 11 is 1.76. The van der Waals surface area contributed by atoms with E-state index in [1.54, 1.807) is 11.3 Å². The molecule has 1 aromatic rings. The van der Waals surface area contributed by atoms with E-state index in [9.17, 15) is 9.59 Å². The van der Waals surface area contributed by atoms with Crippen LogP contribution in [0.3, 0.4) is 0 Å². The van der Waals surface area contributed by atoms with Crippen LogP contribution in [0.25, 0.3) is 0 Å². The van der Waals surface area contributed by atoms with Gasteiger partial charge in [-0.15, -0.1) is 11.3 Å². The van der Waals surface area contributed by atoms with Crippen LogP contribution in [-0.2, 0) is 9.59 Å². The molecule has 19 heavy (non-hydrogen) atoms. The molecule has 0 aliphatic carbocycles. The van der Waals surface area contributed by atoms with Crippen LogP contribution in [-0.4, -0.2) is 23.4 Å². The summed E-state index contributed by atoms with van der Waals surface area (Å²) in [5.74, 6) is 0.263. The van der Waals surface area contributed by atoms with E-state index in [1.807, 2.05) is 6.92 Å². The third kappa shape index (κ3) is 3.56. The Morgan fingerprint density at radius 1 is 1.53 bits per heavy atom. The zero-order valence-electron chi connectivity index (χ0n) is 11.4. The van der Waals surface area contributed by atoms with E-state index in [4.69, 9.17) is 0 Å². The Morgan fingerprint density at radius 2 is 2.32 bits per heavy atom. The largest absolute Gasteiger partial charge is 0.273 e. The maximum Gasteiger partial charge on any atom is 0.241 e. The van der Waals surface area contributed by atoms with Crippen LogP contribution in [0, 0.1) is 6.92 Å². The predicted octanol–water partition coefficient (Wildman–Crippen LogP) is 2.59. The van der Waals surface area contributed by atoms with Gasteiger partial charge in [0.1, 0.15) is 0 Å². The lowest BCUT2D eigenvalue weighted by atomic mass is 9.95. The van der Waals surface area contributed by atoms with Gasteiger partial charge in [-0.05, 0) is 31.9 Å². The number of nitrogens with one attached hydrogen (secondary N) is 1. The maximum absolute atomic E-state index is 12.0. The molecule has 1 saturated heterocycles. The van der Waals surface area contributed by atoms with Crippen molar-refractivity contribution in [1.82, 2.24) is 10.4 Å². The fraction of sp³-hybridized carbons (Fsp3) is 0.571. The molecule has 0 radical (unpaired) electrons. The van der Waals surface area contributed by atoms with Crippen LogP contribution in [0.4, 0.5) is 0 Å². The Bertz CT molecular complexity index is 470. The van der Waals surface area contributed by atoms with Gasteiger partial charge in [-0.2, -0.15) is 0 Å². The number of carbonyl (C=O) groups is 2. The molecule has 0 saturated carbocycles. The standard InChI is InChI=1S/C14H20N2O2S/c1-3-4-13(17)15-16-8-7-11(9-14(16)18)12-6-5-10(2)19-12/h5-6,11H,3-4,7-9H2,1-2H3,(H,15,17). The quantitative estimate of drug-likeness (QED) is 0.921. The van der Waals surface area contributed by atoms with Crippen molar-refractivity contribution in [3.05, 3.63) is 21.9 Å². The second-order valence-corrected chi connectivity index (χ2v) is 6.29. The van der Waals surface area contributed by atoms with Crippen LogP contribution >= 0.6 is 11.3 Å². The van der Waals surface area contributed by atoms with Gasteiger partial charge in [0.2, 0.25) is 11.8 Å². The number of carbonyl (C=O) groups excluding carboxylic acids is 2. The molecule has 1 N–H and O–H groups in total. The van der Waals surface area contributed by atoms with Crippen LogP contribution in [0.1, 0.15) is 48.3 Å². The molecule has 2 amide bonds. The van der Waals surface area contributed by atoms with Gasteiger partial charge in [0, 0.05) is 35.1 Å². The van der Waals surface area contributed by atoms with Crippen molar-refractivity contribution in [2.45, 2.75) is 45.4 Å². The van der Waals surface area contributed by atoms with Gasteiger partial charge in [-0.25, -0.2) is 0 Å². The van der Waals surface area contributed by atoms with Crippen LogP contribution < -0.4 is 5.43 Å². The third-order valence-electron chi connectivity index (χ3n) is 3.32. The van der Waals surface area contributed by atoms with Gasteiger partial charge in [0.25, 0.3) is 0 Å². The second-order valence-electron chi connectivity index (χ2n) is 4.97. The Hall–Kier alpha value is -1.36. The minimum Gasteiger partial charge on any atom is -0.273 e. The number of hydrazine groups is 1. The summed E-state index contributed by atoms with van der Waals surface area (Å²) in [5.41, 5.74) is 2.70. The highest BCUT2D eigenvalue weighted by Crippen LogP contribution is 2.32. The highest BCUT2D eigenvalue weighted by molar-refractivity contribution is 7.12. The SMILES string of the molecule is CCCC(=O)NN1CCC(c2ccc(C)s2)CC1=O. The van der Waals surface area contributed by atoms with Crippen molar-refractivity contribution in [2.24, 2.45) is 0 Å². The Labute approximate surface area is 117 Å². The fourth-order valence-electron chi connectivity index (χ4n) is 2.30. The van der Waals surface area contributed by atoms with Crippen molar-refractivity contribution in [3.63, 3.8) is 0 Å². The number of hydrogen-bond donors (Lipinski definition) is 1. The van der Waals surface area contributed by atoms with Crippen LogP contribution in [0.5, 0.6) is 0 Å². The van der Waals surface area contributed by atoms with Gasteiger partial charge >= 0.3 is 0 Å². The number of nitrogens with zero attached hydrogens (tertiary/aromatic N) is 1. The predicted molar refractivity (Wildman–Crippen MR) is 75.8 cm³/mol. The topological polar surface area (TPSA) is 49.4 Å². The summed E-state index contributed by atoms with van der Waals surface area (Å²) < 4.78 is 0. The summed E-state index contributed by atoms with van der Waals surface area (Å²) in [4.78, 5) is 26.1. The Kier molecular flexibility index (Phi) is 4.58. The first-order valence-electron chi connectivity index (χ1n) is 6.76. The van der Waals surface area contributed by atoms with E-state index in [0.29, 0.717) is 25.3 Å². The molecule has 5 heteroatoms. The molecule has 104 valence electrons. The number of hydrogen-bond acceptors (Lipinski definition) is 3. The van der Waals surface area contributed by atoms with E-state index in [2.05, 4.69) is 24.5 Å². The fourth-order valence-corrected chi connectivity index (χ4v) is 3.31. The van der Waals surface area contributed by atoms with Crippen LogP contribution in [0.15, 0.2) is 12.1 Å². The zero-order valence-corrected chi connectivity index (χ0v) is 12.3. The van der Waals surface area contributed by atoms with E-state index < -0.39 is 0 Å². The molecule has 2 heterocycles. The maximum atomic E-state index is 12.0. The molecule has 1 atom stereocenters. The first kappa shape index (κ1) is 14.1. The lowest BCUT2D eigenvalue weighted by Gasteiger charge is -2.31. The minimum atomic E-state index is -0.0683. The summed E-state index contributed by atoms with van der Waals surface area (Å²) in [5, 5.41) is 1.48. The average molecular weight is 280 g/mol. The summed E-state index contributed by atoms with van der Waals surface area (Å²) in [6.45, 7) is 4.64. The number of amides is 2. The highest BCUT2D eigenvalue weighted by atomic mass is 32.1. The van der Waals surface area contributed by atoms with Crippen molar-refractivity contribution in [1.29, 1.82) is 0 Å². The Morgan fingerprint density at radius 3 is 2.89 bits per heavy atom. The first-order valence-corrected chi connectivity index (χ1v) is 7.58. The minimum absolute atomic E-state index is 0.0201. The molecule has 4 nitrogen and oxygen atoms in total. The van der Waals surface area contributed by atoms with E-state index in [0.717, 1.165) is 12.8 Å². The molecule has 1 unspecified atom stereocenters. The smallest absolute Gasteiger partial charge is 0.241 e. The number of piperidine rings is 1. The van der Waals surface area contributed by atoms with E-state index in [1.165, 1.54) is 14.8 Å². The van der Waals surface area contributed by atoms with Gasteiger partial charge < -0.3 is 0 Å². The number of rotatable bonds is 4. The molecule has 1 aromatic heterocycles. The normalized spacial score (nSPS) is 19.6. The number of aryl methyl sites for hydroxylation is 1. The van der Waals surface area contributed by atoms with Crippen molar-refractivity contribution < 1.29 is 9.59 Å². The molecule has 1 fully saturated rings.